The molecule has 2 N–H and O–H groups in total. The summed E-state index contributed by atoms with van der Waals surface area (Å²) in [6.07, 6.45) is 1.08. The molecule has 1 unspecified atom stereocenters. The molecule has 23 heavy (non-hydrogen) atoms. The minimum absolute atomic E-state index is 0.0465. The third-order valence-corrected chi connectivity index (χ3v) is 4.82. The van der Waals surface area contributed by atoms with E-state index in [1.807, 2.05) is 0 Å². The van der Waals surface area contributed by atoms with Crippen molar-refractivity contribution in [2.45, 2.75) is 38.8 Å². The van der Waals surface area contributed by atoms with Gasteiger partial charge in [0.1, 0.15) is 6.04 Å². The van der Waals surface area contributed by atoms with E-state index in [0.717, 1.165) is 10.6 Å². The van der Waals surface area contributed by atoms with Crippen molar-refractivity contribution in [3.63, 3.8) is 0 Å². The van der Waals surface area contributed by atoms with Crippen LogP contribution in [0.1, 0.15) is 30.3 Å². The molecule has 0 aliphatic carbocycles. The fraction of sp³-hybridized carbons (Fsp3) is 0.571. The van der Waals surface area contributed by atoms with Gasteiger partial charge in [0.05, 0.1) is 18.8 Å². The Labute approximate surface area is 137 Å². The number of nitrogens with one attached hydrogen (secondary N) is 2. The molecule has 1 atom stereocenters. The van der Waals surface area contributed by atoms with Crippen LogP contribution in [0.25, 0.3) is 0 Å². The third kappa shape index (κ3) is 3.44. The Morgan fingerprint density at radius 3 is 3.00 bits per heavy atom. The average molecular weight is 338 g/mol. The number of aromatic nitrogens is 1. The van der Waals surface area contributed by atoms with E-state index in [2.05, 4.69) is 15.6 Å². The molecule has 2 aliphatic rings. The Hall–Kier alpha value is -2.16. The molecule has 0 radical (unpaired) electrons. The van der Waals surface area contributed by atoms with Crippen LogP contribution in [0.2, 0.25) is 0 Å². The van der Waals surface area contributed by atoms with Crippen molar-refractivity contribution in [1.82, 2.24) is 15.2 Å². The molecule has 3 amide bonds. The SMILES string of the molecule is CCOC(=O)Nc1nc2c(s1)CN(C(=O)C1CCC(=O)N1)CC2. The quantitative estimate of drug-likeness (QED) is 0.852. The number of hydrogen-bond donors (Lipinski definition) is 2. The van der Waals surface area contributed by atoms with Gasteiger partial charge in [-0.15, -0.1) is 0 Å². The maximum atomic E-state index is 12.4. The molecule has 3 heterocycles. The standard InChI is InChI=1S/C14H18N4O4S/c1-2-22-14(21)17-13-16-8-5-6-18(7-10(8)23-13)12(20)9-3-4-11(19)15-9/h9H,2-7H2,1H3,(H,15,19)(H,16,17,21). The number of thiazole rings is 1. The molecular weight excluding hydrogens is 320 g/mol. The minimum atomic E-state index is -0.528. The maximum Gasteiger partial charge on any atom is 0.413 e. The van der Waals surface area contributed by atoms with Crippen molar-refractivity contribution in [2.75, 3.05) is 18.5 Å². The fourth-order valence-corrected chi connectivity index (χ4v) is 3.72. The van der Waals surface area contributed by atoms with E-state index in [-0.39, 0.29) is 11.8 Å². The summed E-state index contributed by atoms with van der Waals surface area (Å²) >= 11 is 1.35. The van der Waals surface area contributed by atoms with E-state index in [4.69, 9.17) is 4.74 Å². The number of nitrogens with zero attached hydrogens (tertiary/aromatic N) is 2. The lowest BCUT2D eigenvalue weighted by Gasteiger charge is -2.28. The van der Waals surface area contributed by atoms with Crippen molar-refractivity contribution >= 4 is 34.4 Å². The van der Waals surface area contributed by atoms with Crippen molar-refractivity contribution in [1.29, 1.82) is 0 Å². The molecule has 2 aliphatic heterocycles. The second-order valence-electron chi connectivity index (χ2n) is 5.40. The first-order valence-corrected chi connectivity index (χ1v) is 8.39. The largest absolute Gasteiger partial charge is 0.450 e. The smallest absolute Gasteiger partial charge is 0.413 e. The number of carbonyl (C=O) groups is 3. The van der Waals surface area contributed by atoms with Crippen LogP contribution in [0, 0.1) is 0 Å². The van der Waals surface area contributed by atoms with Crippen molar-refractivity contribution in [2.24, 2.45) is 0 Å². The lowest BCUT2D eigenvalue weighted by atomic mass is 10.1. The fourth-order valence-electron chi connectivity index (χ4n) is 2.71. The highest BCUT2D eigenvalue weighted by molar-refractivity contribution is 7.15. The van der Waals surface area contributed by atoms with Gasteiger partial charge in [0.15, 0.2) is 5.13 Å². The highest BCUT2D eigenvalue weighted by atomic mass is 32.1. The van der Waals surface area contributed by atoms with Gasteiger partial charge in [-0.1, -0.05) is 11.3 Å². The van der Waals surface area contributed by atoms with Crippen LogP contribution in [0.5, 0.6) is 0 Å². The Morgan fingerprint density at radius 1 is 1.48 bits per heavy atom. The molecule has 0 aromatic carbocycles. The predicted octanol–water partition coefficient (Wildman–Crippen LogP) is 0.875. The summed E-state index contributed by atoms with van der Waals surface area (Å²) in [5.41, 5.74) is 0.904. The maximum absolute atomic E-state index is 12.4. The summed E-state index contributed by atoms with van der Waals surface area (Å²) in [6, 6.07) is -0.408. The van der Waals surface area contributed by atoms with Crippen molar-refractivity contribution in [3.05, 3.63) is 10.6 Å². The van der Waals surface area contributed by atoms with E-state index in [1.54, 1.807) is 11.8 Å². The lowest BCUT2D eigenvalue weighted by molar-refractivity contribution is -0.135. The molecule has 1 aromatic rings. The Bertz CT molecular complexity index is 645. The van der Waals surface area contributed by atoms with Gasteiger partial charge in [-0.25, -0.2) is 9.78 Å². The highest BCUT2D eigenvalue weighted by Gasteiger charge is 2.33. The molecule has 0 bridgehead atoms. The molecule has 9 heteroatoms. The van der Waals surface area contributed by atoms with Gasteiger partial charge in [-0.3, -0.25) is 14.9 Å². The van der Waals surface area contributed by atoms with Crippen LogP contribution >= 0.6 is 11.3 Å². The number of carbonyl (C=O) groups excluding carboxylic acids is 3. The Kier molecular flexibility index (Phi) is 4.46. The summed E-state index contributed by atoms with van der Waals surface area (Å²) < 4.78 is 4.83. The number of anilines is 1. The van der Waals surface area contributed by atoms with Gasteiger partial charge in [-0.05, 0) is 13.3 Å². The highest BCUT2D eigenvalue weighted by Crippen LogP contribution is 2.29. The van der Waals surface area contributed by atoms with Crippen molar-refractivity contribution in [3.8, 4) is 0 Å². The zero-order valence-electron chi connectivity index (χ0n) is 12.8. The van der Waals surface area contributed by atoms with Crippen LogP contribution in [0.4, 0.5) is 9.93 Å². The first-order valence-electron chi connectivity index (χ1n) is 7.57. The average Bonchev–Trinajstić information content (AvgIpc) is 3.11. The predicted molar refractivity (Wildman–Crippen MR) is 83.0 cm³/mol. The number of ether oxygens (including phenoxy) is 1. The summed E-state index contributed by atoms with van der Waals surface area (Å²) in [5.74, 6) is -0.116. The van der Waals surface area contributed by atoms with Crippen LogP contribution in [-0.2, 0) is 27.3 Å². The van der Waals surface area contributed by atoms with Crippen LogP contribution < -0.4 is 10.6 Å². The Balaban J connectivity index is 1.64. The zero-order chi connectivity index (χ0) is 16.4. The van der Waals surface area contributed by atoms with Gasteiger partial charge < -0.3 is 15.0 Å². The van der Waals surface area contributed by atoms with Gasteiger partial charge in [0, 0.05) is 24.3 Å². The summed E-state index contributed by atoms with van der Waals surface area (Å²) in [5, 5.41) is 5.78. The minimum Gasteiger partial charge on any atom is -0.450 e. The van der Waals surface area contributed by atoms with E-state index in [1.165, 1.54) is 11.3 Å². The molecule has 1 saturated heterocycles. The van der Waals surface area contributed by atoms with E-state index in [0.29, 0.717) is 44.1 Å². The number of amides is 3. The molecule has 3 rings (SSSR count). The van der Waals surface area contributed by atoms with Crippen LogP contribution in [0.3, 0.4) is 0 Å². The molecule has 1 fully saturated rings. The van der Waals surface area contributed by atoms with E-state index in [9.17, 15) is 14.4 Å². The van der Waals surface area contributed by atoms with E-state index < -0.39 is 12.1 Å². The van der Waals surface area contributed by atoms with Crippen molar-refractivity contribution < 1.29 is 19.1 Å². The van der Waals surface area contributed by atoms with E-state index >= 15 is 0 Å². The molecule has 0 saturated carbocycles. The first-order chi connectivity index (χ1) is 11.1. The van der Waals surface area contributed by atoms with Crippen LogP contribution in [-0.4, -0.2) is 47.0 Å². The lowest BCUT2D eigenvalue weighted by Crippen LogP contribution is -2.46. The number of rotatable bonds is 3. The van der Waals surface area contributed by atoms with Gasteiger partial charge in [0.2, 0.25) is 11.8 Å². The second kappa shape index (κ2) is 6.53. The molecule has 1 aromatic heterocycles. The molecule has 0 spiro atoms. The molecule has 8 nitrogen and oxygen atoms in total. The normalized spacial score (nSPS) is 20.0. The van der Waals surface area contributed by atoms with Gasteiger partial charge in [-0.2, -0.15) is 0 Å². The first kappa shape index (κ1) is 15.7. The monoisotopic (exact) mass is 338 g/mol. The third-order valence-electron chi connectivity index (χ3n) is 3.82. The number of fused-ring (bicyclic) bond motifs is 1. The molecular formula is C14H18N4O4S. The second-order valence-corrected chi connectivity index (χ2v) is 6.49. The summed E-state index contributed by atoms with van der Waals surface area (Å²) in [4.78, 5) is 42.2. The summed E-state index contributed by atoms with van der Waals surface area (Å²) in [6.45, 7) is 3.06. The zero-order valence-corrected chi connectivity index (χ0v) is 13.6. The van der Waals surface area contributed by atoms with Crippen LogP contribution in [0.15, 0.2) is 0 Å². The topological polar surface area (TPSA) is 101 Å². The Morgan fingerprint density at radius 2 is 2.30 bits per heavy atom. The number of hydrogen-bond acceptors (Lipinski definition) is 6. The molecule has 124 valence electrons. The van der Waals surface area contributed by atoms with Gasteiger partial charge in [0.25, 0.3) is 0 Å². The summed E-state index contributed by atoms with van der Waals surface area (Å²) in [7, 11) is 0. The van der Waals surface area contributed by atoms with Gasteiger partial charge >= 0.3 is 6.09 Å².